The molecular formula is C56H42. The van der Waals surface area contributed by atoms with Crippen LogP contribution in [0.5, 0.6) is 0 Å². The Hall–Kier alpha value is -6.24. The highest BCUT2D eigenvalue weighted by molar-refractivity contribution is 6.40. The van der Waals surface area contributed by atoms with E-state index in [1.807, 2.05) is 0 Å². The van der Waals surface area contributed by atoms with Crippen LogP contribution in [-0.4, -0.2) is 0 Å². The number of benzene rings is 10. The van der Waals surface area contributed by atoms with Gasteiger partial charge < -0.3 is 0 Å². The maximum Gasteiger partial charge on any atom is -0.00136 e. The van der Waals surface area contributed by atoms with Gasteiger partial charge in [-0.15, -0.1) is 0 Å². The van der Waals surface area contributed by atoms with Crippen molar-refractivity contribution >= 4 is 53.9 Å². The van der Waals surface area contributed by atoms with Crippen molar-refractivity contribution in [3.05, 3.63) is 156 Å². The Morgan fingerprint density at radius 3 is 1.21 bits per heavy atom. The minimum atomic E-state index is 0.961. The molecule has 0 nitrogen and oxygen atoms in total. The predicted molar refractivity (Wildman–Crippen MR) is 242 cm³/mol. The zero-order valence-corrected chi connectivity index (χ0v) is 32.5. The Kier molecular flexibility index (Phi) is 6.66. The average molecular weight is 715 g/mol. The van der Waals surface area contributed by atoms with Gasteiger partial charge in [-0.05, 0) is 169 Å². The van der Waals surface area contributed by atoms with E-state index in [0.717, 1.165) is 25.7 Å². The lowest BCUT2D eigenvalue weighted by Gasteiger charge is -2.24. The molecule has 0 spiro atoms. The summed E-state index contributed by atoms with van der Waals surface area (Å²) in [5.41, 5.74) is 22.5. The fourth-order valence-electron chi connectivity index (χ4n) is 11.3. The normalized spacial score (nSPS) is 12.6. The number of hydrogen-bond donors (Lipinski definition) is 0. The van der Waals surface area contributed by atoms with Gasteiger partial charge in [0.05, 0.1) is 0 Å². The lowest BCUT2D eigenvalue weighted by molar-refractivity contribution is 1.11. The van der Waals surface area contributed by atoms with Gasteiger partial charge in [0.15, 0.2) is 0 Å². The summed E-state index contributed by atoms with van der Waals surface area (Å²) in [4.78, 5) is 0. The van der Waals surface area contributed by atoms with Gasteiger partial charge >= 0.3 is 0 Å². The average Bonchev–Trinajstić information content (AvgIpc) is 3.79. The van der Waals surface area contributed by atoms with Crippen molar-refractivity contribution < 1.29 is 0 Å². The maximum absolute atomic E-state index is 2.48. The molecule has 2 aliphatic carbocycles. The Morgan fingerprint density at radius 2 is 0.768 bits per heavy atom. The second-order valence-electron chi connectivity index (χ2n) is 16.1. The lowest BCUT2D eigenvalue weighted by atomic mass is 9.79. The fraction of sp³-hybridized carbons (Fsp3) is 0.143. The molecule has 10 aromatic rings. The van der Waals surface area contributed by atoms with E-state index in [1.165, 1.54) is 143 Å². The van der Waals surface area contributed by atoms with E-state index in [4.69, 9.17) is 0 Å². The molecular weight excluding hydrogens is 673 g/mol. The third-order valence-corrected chi connectivity index (χ3v) is 13.6. The molecule has 56 heavy (non-hydrogen) atoms. The summed E-state index contributed by atoms with van der Waals surface area (Å²) in [6.07, 6.45) is 3.99. The van der Waals surface area contributed by atoms with E-state index in [0.29, 0.717) is 0 Å². The Balaban J connectivity index is 1.19. The smallest absolute Gasteiger partial charge is 0.00136 e. The molecule has 0 amide bonds. The molecule has 0 radical (unpaired) electrons. The molecule has 0 bridgehead atoms. The summed E-state index contributed by atoms with van der Waals surface area (Å²) < 4.78 is 0. The van der Waals surface area contributed by atoms with Crippen LogP contribution in [0.1, 0.15) is 49.9 Å². The maximum atomic E-state index is 2.48. The number of aryl methyl sites for hydroxylation is 2. The second kappa shape index (κ2) is 11.6. The van der Waals surface area contributed by atoms with E-state index >= 15 is 0 Å². The van der Waals surface area contributed by atoms with Crippen LogP contribution in [0, 0.1) is 0 Å². The van der Waals surface area contributed by atoms with Crippen LogP contribution < -0.4 is 0 Å². The molecule has 0 aromatic heterocycles. The third-order valence-electron chi connectivity index (χ3n) is 13.6. The first kappa shape index (κ1) is 32.0. The van der Waals surface area contributed by atoms with Crippen LogP contribution in [0.15, 0.2) is 133 Å². The highest BCUT2D eigenvalue weighted by Crippen LogP contribution is 2.60. The van der Waals surface area contributed by atoms with Crippen LogP contribution >= 0.6 is 0 Å². The second-order valence-corrected chi connectivity index (χ2v) is 16.1. The topological polar surface area (TPSA) is 0 Å². The van der Waals surface area contributed by atoms with Crippen LogP contribution in [-0.2, 0) is 25.7 Å². The number of hydrogen-bond acceptors (Lipinski definition) is 0. The lowest BCUT2D eigenvalue weighted by Crippen LogP contribution is -2.02. The van der Waals surface area contributed by atoms with E-state index in [9.17, 15) is 0 Å². The Bertz CT molecular complexity index is 3180. The van der Waals surface area contributed by atoms with Gasteiger partial charge in [0.25, 0.3) is 0 Å². The zero-order valence-electron chi connectivity index (χ0n) is 32.5. The van der Waals surface area contributed by atoms with E-state index in [2.05, 4.69) is 161 Å². The largest absolute Gasteiger partial charge is 0.0622 e. The van der Waals surface area contributed by atoms with E-state index in [-0.39, 0.29) is 0 Å². The molecule has 266 valence electrons. The molecule has 10 aromatic carbocycles. The molecule has 0 unspecified atom stereocenters. The van der Waals surface area contributed by atoms with E-state index in [1.54, 1.807) is 0 Å². The van der Waals surface area contributed by atoms with Crippen molar-refractivity contribution in [3.8, 4) is 66.8 Å². The van der Waals surface area contributed by atoms with Crippen molar-refractivity contribution in [3.63, 3.8) is 0 Å². The molecule has 12 rings (SSSR count). The number of fused-ring (bicyclic) bond motifs is 10. The summed E-state index contributed by atoms with van der Waals surface area (Å²) in [5, 5.41) is 13.9. The van der Waals surface area contributed by atoms with Gasteiger partial charge in [0, 0.05) is 0 Å². The fourth-order valence-corrected chi connectivity index (χ4v) is 11.3. The monoisotopic (exact) mass is 714 g/mol. The van der Waals surface area contributed by atoms with Gasteiger partial charge in [-0.25, -0.2) is 0 Å². The summed E-state index contributed by atoms with van der Waals surface area (Å²) in [6, 6.07) is 51.6. The first-order chi connectivity index (χ1) is 27.6. The molecule has 0 saturated heterocycles. The highest BCUT2D eigenvalue weighted by Gasteiger charge is 2.34. The first-order valence-corrected chi connectivity index (χ1v) is 20.8. The summed E-state index contributed by atoms with van der Waals surface area (Å²) in [7, 11) is 0. The molecule has 0 fully saturated rings. The summed E-state index contributed by atoms with van der Waals surface area (Å²) in [5.74, 6) is 0. The van der Waals surface area contributed by atoms with Gasteiger partial charge in [-0.3, -0.25) is 0 Å². The first-order valence-electron chi connectivity index (χ1n) is 20.8. The Labute approximate surface area is 328 Å². The predicted octanol–water partition coefficient (Wildman–Crippen LogP) is 15.8. The van der Waals surface area contributed by atoms with Crippen molar-refractivity contribution in [2.75, 3.05) is 0 Å². The van der Waals surface area contributed by atoms with Crippen molar-refractivity contribution in [2.45, 2.75) is 53.4 Å². The van der Waals surface area contributed by atoms with Crippen molar-refractivity contribution in [1.82, 2.24) is 0 Å². The van der Waals surface area contributed by atoms with Gasteiger partial charge in [-0.2, -0.15) is 0 Å². The van der Waals surface area contributed by atoms with E-state index < -0.39 is 0 Å². The third kappa shape index (κ3) is 3.94. The zero-order chi connectivity index (χ0) is 37.4. The summed E-state index contributed by atoms with van der Waals surface area (Å²) in [6.45, 7) is 9.28. The molecule has 0 saturated carbocycles. The van der Waals surface area contributed by atoms with Crippen LogP contribution in [0.25, 0.3) is 121 Å². The molecule has 0 N–H and O–H groups in total. The standard InChI is InChI=1S/C56H42/c1-5-31-19-20-38-35(29-31)30-32(6-2)47-43-25-21-39-41-22-26-44-50-36(7-3)48(33-15-11-9-12-16-33)49(34-17-13-10-14-18-34)37(8-4)51(50)45-27-23-42(54(41)56(44)45)40-24-28-46(52(38)47)55(43)53(39)40/h9-30H,5-8H2,1-4H3. The van der Waals surface area contributed by atoms with Gasteiger partial charge in [0.1, 0.15) is 0 Å². The summed E-state index contributed by atoms with van der Waals surface area (Å²) >= 11 is 0. The van der Waals surface area contributed by atoms with Crippen LogP contribution in [0.3, 0.4) is 0 Å². The number of rotatable bonds is 6. The SMILES string of the molecule is CCc1ccc2c3c(c(CC)cc2c1)-c1ccc2c4ccc5c6c(ccc(c7ccc-3c1c27)c64)-c1c(CC)c(-c2ccccc2)c(-c2ccccc2)c(CC)c1-5. The van der Waals surface area contributed by atoms with Gasteiger partial charge in [-0.1, -0.05) is 161 Å². The highest BCUT2D eigenvalue weighted by atomic mass is 14.4. The quantitative estimate of drug-likeness (QED) is 0.119. The minimum Gasteiger partial charge on any atom is -0.0622 e. The van der Waals surface area contributed by atoms with Crippen LogP contribution in [0.4, 0.5) is 0 Å². The van der Waals surface area contributed by atoms with Gasteiger partial charge in [0.2, 0.25) is 0 Å². The molecule has 0 aliphatic heterocycles. The molecule has 0 heteroatoms. The molecule has 0 heterocycles. The van der Waals surface area contributed by atoms with Crippen molar-refractivity contribution in [1.29, 1.82) is 0 Å². The van der Waals surface area contributed by atoms with Crippen molar-refractivity contribution in [2.24, 2.45) is 0 Å². The molecule has 0 atom stereocenters. The molecule has 2 aliphatic rings. The Morgan fingerprint density at radius 1 is 0.321 bits per heavy atom. The van der Waals surface area contributed by atoms with Crippen LogP contribution in [0.2, 0.25) is 0 Å². The minimum absolute atomic E-state index is 0.961.